The molecular formula is C26H20F2N2O3. The number of benzene rings is 2. The zero-order valence-electron chi connectivity index (χ0n) is 17.6. The fourth-order valence-corrected chi connectivity index (χ4v) is 4.63. The second kappa shape index (κ2) is 8.24. The predicted molar refractivity (Wildman–Crippen MR) is 118 cm³/mol. The van der Waals surface area contributed by atoms with Crippen molar-refractivity contribution in [2.75, 3.05) is 4.90 Å². The molecule has 3 aromatic rings. The Bertz CT molecular complexity index is 1300. The van der Waals surface area contributed by atoms with Crippen LogP contribution in [0.2, 0.25) is 0 Å². The van der Waals surface area contributed by atoms with Gasteiger partial charge in [-0.1, -0.05) is 12.1 Å². The summed E-state index contributed by atoms with van der Waals surface area (Å²) in [5, 5.41) is 11.2. The summed E-state index contributed by atoms with van der Waals surface area (Å²) in [6.07, 6.45) is 7.01. The second-order valence-corrected chi connectivity index (χ2v) is 8.24. The largest absolute Gasteiger partial charge is 0.507 e. The first-order chi connectivity index (χ1) is 16.0. The minimum Gasteiger partial charge on any atom is -0.507 e. The van der Waals surface area contributed by atoms with Gasteiger partial charge in [-0.05, 0) is 72.7 Å². The number of aryl methyl sites for hydroxylation is 2. The number of fused-ring (bicyclic) bond motifs is 1. The Labute approximate surface area is 189 Å². The van der Waals surface area contributed by atoms with Crippen molar-refractivity contribution in [3.63, 3.8) is 0 Å². The average Bonchev–Trinajstić information content (AvgIpc) is 3.11. The number of aliphatic hydroxyl groups excluding tert-OH is 1. The SMILES string of the molecule is O=C1C(=O)N(c2ccc(F)c(F)c2)C(c2ccncc2)/C1=C(/O)c1ccc2c(c1)CCCC2. The molecule has 1 aliphatic heterocycles. The molecule has 5 nitrogen and oxygen atoms in total. The zero-order chi connectivity index (χ0) is 23.1. The van der Waals surface area contributed by atoms with E-state index in [4.69, 9.17) is 0 Å². The fourth-order valence-electron chi connectivity index (χ4n) is 4.63. The first-order valence-corrected chi connectivity index (χ1v) is 10.7. The van der Waals surface area contributed by atoms with Gasteiger partial charge in [-0.15, -0.1) is 0 Å². The molecule has 1 amide bonds. The molecule has 1 saturated heterocycles. The van der Waals surface area contributed by atoms with Crippen molar-refractivity contribution in [1.29, 1.82) is 0 Å². The number of ketones is 1. The monoisotopic (exact) mass is 446 g/mol. The molecule has 7 heteroatoms. The van der Waals surface area contributed by atoms with Crippen molar-refractivity contribution >= 4 is 23.1 Å². The third kappa shape index (κ3) is 3.59. The van der Waals surface area contributed by atoms with E-state index in [9.17, 15) is 23.5 Å². The van der Waals surface area contributed by atoms with Gasteiger partial charge in [-0.3, -0.25) is 19.5 Å². The molecule has 1 atom stereocenters. The van der Waals surface area contributed by atoms with Gasteiger partial charge in [0.2, 0.25) is 0 Å². The summed E-state index contributed by atoms with van der Waals surface area (Å²) < 4.78 is 27.5. The molecule has 1 aliphatic carbocycles. The van der Waals surface area contributed by atoms with E-state index in [1.165, 1.54) is 24.0 Å². The van der Waals surface area contributed by atoms with Gasteiger partial charge in [0.15, 0.2) is 11.6 Å². The lowest BCUT2D eigenvalue weighted by Gasteiger charge is -2.25. The van der Waals surface area contributed by atoms with Crippen molar-refractivity contribution in [3.05, 3.63) is 100 Å². The second-order valence-electron chi connectivity index (χ2n) is 8.24. The maximum atomic E-state index is 14.0. The Morgan fingerprint density at radius 3 is 2.36 bits per heavy atom. The smallest absolute Gasteiger partial charge is 0.300 e. The topological polar surface area (TPSA) is 70.5 Å². The number of anilines is 1. The highest BCUT2D eigenvalue weighted by molar-refractivity contribution is 6.51. The number of Topliss-reactive ketones (excluding diaryl/α,β-unsaturated/α-hetero) is 1. The van der Waals surface area contributed by atoms with Gasteiger partial charge in [-0.2, -0.15) is 0 Å². The number of rotatable bonds is 3. The number of amides is 1. The Hall–Kier alpha value is -3.87. The highest BCUT2D eigenvalue weighted by Crippen LogP contribution is 2.42. The number of pyridine rings is 1. The van der Waals surface area contributed by atoms with Crippen LogP contribution in [0.25, 0.3) is 5.76 Å². The molecule has 1 fully saturated rings. The third-order valence-corrected chi connectivity index (χ3v) is 6.27. The maximum absolute atomic E-state index is 14.0. The summed E-state index contributed by atoms with van der Waals surface area (Å²) >= 11 is 0. The lowest BCUT2D eigenvalue weighted by Crippen LogP contribution is -2.29. The van der Waals surface area contributed by atoms with E-state index in [1.807, 2.05) is 12.1 Å². The van der Waals surface area contributed by atoms with Gasteiger partial charge in [-0.25, -0.2) is 8.78 Å². The van der Waals surface area contributed by atoms with Gasteiger partial charge >= 0.3 is 0 Å². The number of carbonyl (C=O) groups excluding carboxylic acids is 2. The van der Waals surface area contributed by atoms with Crippen LogP contribution in [0.3, 0.4) is 0 Å². The van der Waals surface area contributed by atoms with E-state index >= 15 is 0 Å². The molecule has 0 radical (unpaired) electrons. The number of aromatic nitrogens is 1. The van der Waals surface area contributed by atoms with Crippen LogP contribution in [0.15, 0.2) is 66.5 Å². The number of nitrogens with zero attached hydrogens (tertiary/aromatic N) is 2. The summed E-state index contributed by atoms with van der Waals surface area (Å²) in [5.41, 5.74) is 3.19. The number of hydrogen-bond donors (Lipinski definition) is 1. The van der Waals surface area contributed by atoms with E-state index in [1.54, 1.807) is 18.2 Å². The van der Waals surface area contributed by atoms with E-state index in [0.29, 0.717) is 11.1 Å². The van der Waals surface area contributed by atoms with Gasteiger partial charge in [0, 0.05) is 29.7 Å². The molecule has 2 aliphatic rings. The summed E-state index contributed by atoms with van der Waals surface area (Å²) in [4.78, 5) is 31.3. The average molecular weight is 446 g/mol. The molecule has 2 heterocycles. The van der Waals surface area contributed by atoms with Crippen LogP contribution < -0.4 is 4.90 Å². The van der Waals surface area contributed by atoms with Crippen LogP contribution in [0.1, 0.15) is 41.1 Å². The third-order valence-electron chi connectivity index (χ3n) is 6.27. The number of carbonyl (C=O) groups is 2. The summed E-state index contributed by atoms with van der Waals surface area (Å²) in [5.74, 6) is -4.32. The molecule has 1 aromatic heterocycles. The molecule has 0 spiro atoms. The molecule has 0 saturated carbocycles. The minimum absolute atomic E-state index is 0.0160. The first-order valence-electron chi connectivity index (χ1n) is 10.7. The molecule has 33 heavy (non-hydrogen) atoms. The van der Waals surface area contributed by atoms with Crippen molar-refractivity contribution in [1.82, 2.24) is 4.98 Å². The highest BCUT2D eigenvalue weighted by Gasteiger charge is 2.47. The predicted octanol–water partition coefficient (Wildman–Crippen LogP) is 4.86. The van der Waals surface area contributed by atoms with Crippen molar-refractivity contribution in [2.24, 2.45) is 0 Å². The molecule has 5 rings (SSSR count). The Morgan fingerprint density at radius 1 is 0.909 bits per heavy atom. The van der Waals surface area contributed by atoms with Crippen molar-refractivity contribution in [2.45, 2.75) is 31.7 Å². The van der Waals surface area contributed by atoms with Crippen LogP contribution in [-0.2, 0) is 22.4 Å². The quantitative estimate of drug-likeness (QED) is 0.354. The Balaban J connectivity index is 1.69. The van der Waals surface area contributed by atoms with Crippen molar-refractivity contribution in [3.8, 4) is 0 Å². The molecule has 2 aromatic carbocycles. The van der Waals surface area contributed by atoms with Crippen molar-refractivity contribution < 1.29 is 23.5 Å². The van der Waals surface area contributed by atoms with Crippen LogP contribution in [0.4, 0.5) is 14.5 Å². The van der Waals surface area contributed by atoms with E-state index in [2.05, 4.69) is 4.98 Å². The Kier molecular flexibility index (Phi) is 5.24. The minimum atomic E-state index is -1.14. The van der Waals surface area contributed by atoms with Crippen LogP contribution >= 0.6 is 0 Å². The van der Waals surface area contributed by atoms with Crippen LogP contribution in [0.5, 0.6) is 0 Å². The summed E-state index contributed by atoms with van der Waals surface area (Å²) in [7, 11) is 0. The maximum Gasteiger partial charge on any atom is 0.300 e. The Morgan fingerprint density at radius 2 is 1.64 bits per heavy atom. The van der Waals surface area contributed by atoms with Gasteiger partial charge < -0.3 is 5.11 Å². The lowest BCUT2D eigenvalue weighted by molar-refractivity contribution is -0.132. The number of aliphatic hydroxyl groups is 1. The van der Waals surface area contributed by atoms with E-state index < -0.39 is 29.4 Å². The molecular weight excluding hydrogens is 426 g/mol. The van der Waals surface area contributed by atoms with Crippen LogP contribution in [0, 0.1) is 11.6 Å². The fraction of sp³-hybridized carbons (Fsp3) is 0.192. The number of halogens is 2. The van der Waals surface area contributed by atoms with Gasteiger partial charge in [0.1, 0.15) is 5.76 Å². The normalized spacial score (nSPS) is 19.6. The zero-order valence-corrected chi connectivity index (χ0v) is 17.6. The van der Waals surface area contributed by atoms with E-state index in [0.717, 1.165) is 48.3 Å². The van der Waals surface area contributed by atoms with E-state index in [-0.39, 0.29) is 17.0 Å². The highest BCUT2D eigenvalue weighted by atomic mass is 19.2. The molecule has 0 bridgehead atoms. The number of hydrogen-bond acceptors (Lipinski definition) is 4. The van der Waals surface area contributed by atoms with Gasteiger partial charge in [0.25, 0.3) is 11.7 Å². The standard InChI is InChI=1S/C26H20F2N2O3/c27-20-8-7-19(14-21(20)28)30-23(16-9-11-29-12-10-16)22(25(32)26(30)33)24(31)18-6-5-15-3-1-2-4-17(15)13-18/h5-14,23,31H,1-4H2/b24-22-. The molecule has 1 N–H and O–H groups in total. The summed E-state index contributed by atoms with van der Waals surface area (Å²) in [6.45, 7) is 0. The van der Waals surface area contributed by atoms with Crippen LogP contribution in [-0.4, -0.2) is 21.8 Å². The first kappa shape index (κ1) is 21.0. The molecule has 166 valence electrons. The summed E-state index contributed by atoms with van der Waals surface area (Å²) in [6, 6.07) is 10.8. The molecule has 1 unspecified atom stereocenters. The van der Waals surface area contributed by atoms with Gasteiger partial charge in [0.05, 0.1) is 11.6 Å². The lowest BCUT2D eigenvalue weighted by atomic mass is 9.89.